The number of aryl methyl sites for hydroxylation is 1. The van der Waals surface area contributed by atoms with Gasteiger partial charge in [-0.2, -0.15) is 5.10 Å². The fraction of sp³-hybridized carbons (Fsp3) is 0.192. The van der Waals surface area contributed by atoms with E-state index in [4.69, 9.17) is 11.6 Å². The molecule has 3 aromatic carbocycles. The van der Waals surface area contributed by atoms with Crippen LogP contribution in [0.25, 0.3) is 0 Å². The van der Waals surface area contributed by atoms with Crippen molar-refractivity contribution in [2.75, 3.05) is 13.6 Å². The number of carbonyl (C=O) groups is 2. The van der Waals surface area contributed by atoms with Crippen LogP contribution in [0.5, 0.6) is 0 Å². The van der Waals surface area contributed by atoms with Crippen molar-refractivity contribution in [3.63, 3.8) is 0 Å². The monoisotopic (exact) mass is 463 g/mol. The fourth-order valence-corrected chi connectivity index (χ4v) is 4.08. The number of hydrogen-bond acceptors (Lipinski definition) is 3. The molecule has 1 aliphatic rings. The SMILES string of the molecule is Cc1ccc(C2CC(c3ccccc3Cl)=NN2C(=O)CN(C)C(=O)c2ccccc2F)cc1. The molecule has 0 saturated carbocycles. The van der Waals surface area contributed by atoms with Crippen LogP contribution in [0.2, 0.25) is 5.02 Å². The predicted octanol–water partition coefficient (Wildman–Crippen LogP) is 5.24. The van der Waals surface area contributed by atoms with E-state index >= 15 is 0 Å². The number of rotatable bonds is 5. The minimum Gasteiger partial charge on any atom is -0.332 e. The molecule has 0 fully saturated rings. The van der Waals surface area contributed by atoms with E-state index in [0.29, 0.717) is 17.2 Å². The summed E-state index contributed by atoms with van der Waals surface area (Å²) in [5, 5.41) is 6.57. The Morgan fingerprint density at radius 1 is 1.06 bits per heavy atom. The maximum absolute atomic E-state index is 14.1. The standard InChI is InChI=1S/C26H23ClFN3O2/c1-17-11-13-18(14-12-17)24-15-23(19-7-3-5-9-21(19)27)29-31(24)25(32)16-30(2)26(33)20-8-4-6-10-22(20)28/h3-14,24H,15-16H2,1-2H3. The van der Waals surface area contributed by atoms with Crippen LogP contribution in [0.15, 0.2) is 77.9 Å². The quantitative estimate of drug-likeness (QED) is 0.519. The van der Waals surface area contributed by atoms with Crippen molar-refractivity contribution in [1.82, 2.24) is 9.91 Å². The van der Waals surface area contributed by atoms with Gasteiger partial charge in [0.1, 0.15) is 12.4 Å². The van der Waals surface area contributed by atoms with Crippen LogP contribution in [0.1, 0.15) is 39.5 Å². The second-order valence-electron chi connectivity index (χ2n) is 8.04. The first-order valence-corrected chi connectivity index (χ1v) is 10.9. The number of likely N-dealkylation sites (N-methyl/N-ethyl adjacent to an activating group) is 1. The van der Waals surface area contributed by atoms with Gasteiger partial charge in [-0.25, -0.2) is 9.40 Å². The molecule has 3 aromatic rings. The van der Waals surface area contributed by atoms with Crippen molar-refractivity contribution in [1.29, 1.82) is 0 Å². The molecule has 5 nitrogen and oxygen atoms in total. The number of halogens is 2. The molecule has 33 heavy (non-hydrogen) atoms. The van der Waals surface area contributed by atoms with Gasteiger partial charge in [0.25, 0.3) is 11.8 Å². The summed E-state index contributed by atoms with van der Waals surface area (Å²) in [6.07, 6.45) is 0.490. The lowest BCUT2D eigenvalue weighted by molar-refractivity contribution is -0.133. The highest BCUT2D eigenvalue weighted by atomic mass is 35.5. The molecule has 0 radical (unpaired) electrons. The maximum atomic E-state index is 14.1. The molecule has 168 valence electrons. The molecule has 1 aliphatic heterocycles. The zero-order valence-electron chi connectivity index (χ0n) is 18.3. The summed E-state index contributed by atoms with van der Waals surface area (Å²) in [5.41, 5.74) is 3.43. The zero-order valence-corrected chi connectivity index (χ0v) is 19.1. The van der Waals surface area contributed by atoms with E-state index in [1.165, 1.54) is 35.2 Å². The average molecular weight is 464 g/mol. The second kappa shape index (κ2) is 9.55. The Kier molecular flexibility index (Phi) is 6.56. The molecule has 0 saturated heterocycles. The van der Waals surface area contributed by atoms with E-state index in [1.54, 1.807) is 12.1 Å². The van der Waals surface area contributed by atoms with Crippen LogP contribution < -0.4 is 0 Å². The predicted molar refractivity (Wildman–Crippen MR) is 127 cm³/mol. The highest BCUT2D eigenvalue weighted by molar-refractivity contribution is 6.34. The van der Waals surface area contributed by atoms with Crippen molar-refractivity contribution >= 4 is 29.1 Å². The van der Waals surface area contributed by atoms with Crippen molar-refractivity contribution in [3.8, 4) is 0 Å². The lowest BCUT2D eigenvalue weighted by Gasteiger charge is -2.25. The number of amides is 2. The molecule has 0 aliphatic carbocycles. The Morgan fingerprint density at radius 2 is 1.73 bits per heavy atom. The average Bonchev–Trinajstić information content (AvgIpc) is 3.25. The van der Waals surface area contributed by atoms with Gasteiger partial charge < -0.3 is 4.90 Å². The molecule has 1 heterocycles. The van der Waals surface area contributed by atoms with E-state index in [1.807, 2.05) is 49.4 Å². The normalized spacial score (nSPS) is 15.3. The van der Waals surface area contributed by atoms with Gasteiger partial charge in [0.15, 0.2) is 0 Å². The van der Waals surface area contributed by atoms with Gasteiger partial charge in [-0.1, -0.05) is 71.8 Å². The topological polar surface area (TPSA) is 53.0 Å². The summed E-state index contributed by atoms with van der Waals surface area (Å²) < 4.78 is 14.1. The molecule has 0 bridgehead atoms. The van der Waals surface area contributed by atoms with Gasteiger partial charge in [-0.05, 0) is 30.7 Å². The van der Waals surface area contributed by atoms with Crippen molar-refractivity contribution < 1.29 is 14.0 Å². The van der Waals surface area contributed by atoms with Crippen molar-refractivity contribution in [3.05, 3.63) is 106 Å². The summed E-state index contributed by atoms with van der Waals surface area (Å²) in [6, 6.07) is 20.7. The van der Waals surface area contributed by atoms with Crippen LogP contribution in [0, 0.1) is 12.7 Å². The Balaban J connectivity index is 1.61. The number of hydrogen-bond donors (Lipinski definition) is 0. The van der Waals surface area contributed by atoms with E-state index < -0.39 is 11.7 Å². The minimum atomic E-state index is -0.625. The Morgan fingerprint density at radius 3 is 2.42 bits per heavy atom. The van der Waals surface area contributed by atoms with E-state index in [-0.39, 0.29) is 24.1 Å². The minimum absolute atomic E-state index is 0.0791. The van der Waals surface area contributed by atoms with E-state index in [0.717, 1.165) is 16.7 Å². The summed E-state index contributed by atoms with van der Waals surface area (Å²) >= 11 is 6.38. The van der Waals surface area contributed by atoms with E-state index in [9.17, 15) is 14.0 Å². The molecule has 0 aromatic heterocycles. The van der Waals surface area contributed by atoms with Gasteiger partial charge in [-0.3, -0.25) is 9.59 Å². The highest BCUT2D eigenvalue weighted by Crippen LogP contribution is 2.34. The summed E-state index contributed by atoms with van der Waals surface area (Å²) in [7, 11) is 1.47. The molecule has 7 heteroatoms. The smallest absolute Gasteiger partial charge is 0.262 e. The van der Waals surface area contributed by atoms with Gasteiger partial charge in [0.05, 0.1) is 17.3 Å². The molecule has 1 atom stereocenters. The third kappa shape index (κ3) is 4.81. The van der Waals surface area contributed by atoms with Gasteiger partial charge in [0.2, 0.25) is 0 Å². The first kappa shape index (κ1) is 22.7. The van der Waals surface area contributed by atoms with Crippen LogP contribution in [-0.4, -0.2) is 41.0 Å². The molecule has 1 unspecified atom stereocenters. The van der Waals surface area contributed by atoms with E-state index in [2.05, 4.69) is 5.10 Å². The van der Waals surface area contributed by atoms with Gasteiger partial charge in [0, 0.05) is 24.1 Å². The lowest BCUT2D eigenvalue weighted by Crippen LogP contribution is -2.39. The van der Waals surface area contributed by atoms with Crippen molar-refractivity contribution in [2.45, 2.75) is 19.4 Å². The first-order valence-electron chi connectivity index (χ1n) is 10.6. The lowest BCUT2D eigenvalue weighted by atomic mass is 9.97. The number of nitrogens with zero attached hydrogens (tertiary/aromatic N) is 3. The Bertz CT molecular complexity index is 1230. The molecule has 4 rings (SSSR count). The maximum Gasteiger partial charge on any atom is 0.262 e. The molecular formula is C26H23ClFN3O2. The summed E-state index contributed by atoms with van der Waals surface area (Å²) in [4.78, 5) is 27.2. The first-order chi connectivity index (χ1) is 15.8. The summed E-state index contributed by atoms with van der Waals surface area (Å²) in [5.74, 6) is -1.56. The largest absolute Gasteiger partial charge is 0.332 e. The van der Waals surface area contributed by atoms with Crippen LogP contribution >= 0.6 is 11.6 Å². The fourth-order valence-electron chi connectivity index (χ4n) is 3.83. The van der Waals surface area contributed by atoms with Crippen LogP contribution in [0.3, 0.4) is 0 Å². The number of hydrazone groups is 1. The van der Waals surface area contributed by atoms with Crippen LogP contribution in [0.4, 0.5) is 4.39 Å². The van der Waals surface area contributed by atoms with Gasteiger partial charge in [-0.15, -0.1) is 0 Å². The second-order valence-corrected chi connectivity index (χ2v) is 8.44. The molecule has 2 amide bonds. The highest BCUT2D eigenvalue weighted by Gasteiger charge is 2.34. The third-order valence-corrected chi connectivity index (χ3v) is 5.97. The number of benzene rings is 3. The molecule has 0 spiro atoms. The molecule has 0 N–H and O–H groups in total. The third-order valence-electron chi connectivity index (χ3n) is 5.64. The summed E-state index contributed by atoms with van der Waals surface area (Å²) in [6.45, 7) is 1.76. The van der Waals surface area contributed by atoms with Crippen LogP contribution in [-0.2, 0) is 4.79 Å². The zero-order chi connectivity index (χ0) is 23.5. The van der Waals surface area contributed by atoms with Gasteiger partial charge >= 0.3 is 0 Å². The Hall–Kier alpha value is -3.51. The Labute approximate surface area is 197 Å². The number of carbonyl (C=O) groups excluding carboxylic acids is 2. The molecular weight excluding hydrogens is 441 g/mol. The van der Waals surface area contributed by atoms with Crippen molar-refractivity contribution in [2.24, 2.45) is 5.10 Å².